The third-order valence-electron chi connectivity index (χ3n) is 3.07. The van der Waals surface area contributed by atoms with Crippen LogP contribution in [-0.2, 0) is 4.79 Å². The van der Waals surface area contributed by atoms with Crippen molar-refractivity contribution in [1.29, 1.82) is 0 Å². The van der Waals surface area contributed by atoms with Crippen LogP contribution in [0.15, 0.2) is 18.3 Å². The van der Waals surface area contributed by atoms with Crippen LogP contribution in [0.4, 0.5) is 0 Å². The van der Waals surface area contributed by atoms with Crippen LogP contribution in [0.3, 0.4) is 0 Å². The maximum Gasteiger partial charge on any atom is 0.354 e. The fourth-order valence-corrected chi connectivity index (χ4v) is 2.12. The second-order valence-electron chi connectivity index (χ2n) is 4.30. The molecular formula is C12H13N3O4. The molecule has 1 aliphatic rings. The van der Waals surface area contributed by atoms with Crippen LogP contribution in [0.2, 0.25) is 0 Å². The molecular weight excluding hydrogens is 250 g/mol. The molecule has 2 heterocycles. The summed E-state index contributed by atoms with van der Waals surface area (Å²) in [6.07, 6.45) is 2.48. The van der Waals surface area contributed by atoms with Gasteiger partial charge in [0.15, 0.2) is 0 Å². The van der Waals surface area contributed by atoms with Gasteiger partial charge in [0.25, 0.3) is 5.91 Å². The van der Waals surface area contributed by atoms with E-state index in [2.05, 4.69) is 4.98 Å². The highest BCUT2D eigenvalue weighted by atomic mass is 16.4. The number of carboxylic acid groups (broad SMARTS) is 1. The Morgan fingerprint density at radius 1 is 1.37 bits per heavy atom. The Kier molecular flexibility index (Phi) is 3.46. The van der Waals surface area contributed by atoms with Gasteiger partial charge in [-0.2, -0.15) is 0 Å². The first-order chi connectivity index (χ1) is 9.00. The quantitative estimate of drug-likeness (QED) is 0.788. The normalized spacial score (nSPS) is 18.3. The van der Waals surface area contributed by atoms with Crippen LogP contribution >= 0.6 is 0 Å². The Morgan fingerprint density at radius 3 is 2.63 bits per heavy atom. The van der Waals surface area contributed by atoms with E-state index in [1.807, 2.05) is 0 Å². The fourth-order valence-electron chi connectivity index (χ4n) is 2.12. The Bertz CT molecular complexity index is 526. The molecule has 1 fully saturated rings. The smallest absolute Gasteiger partial charge is 0.354 e. The van der Waals surface area contributed by atoms with E-state index in [1.54, 1.807) is 0 Å². The fraction of sp³-hybridized carbons (Fsp3) is 0.333. The molecule has 1 aromatic heterocycles. The first-order valence-electron chi connectivity index (χ1n) is 5.80. The summed E-state index contributed by atoms with van der Waals surface area (Å²) < 4.78 is 0. The highest BCUT2D eigenvalue weighted by Gasteiger charge is 2.33. The summed E-state index contributed by atoms with van der Waals surface area (Å²) in [5.41, 5.74) is 5.36. The van der Waals surface area contributed by atoms with Crippen LogP contribution in [0.1, 0.15) is 33.7 Å². The molecule has 1 atom stereocenters. The molecule has 100 valence electrons. The highest BCUT2D eigenvalue weighted by molar-refractivity contribution is 5.98. The molecule has 7 heteroatoms. The van der Waals surface area contributed by atoms with Gasteiger partial charge in [0.05, 0.1) is 5.56 Å². The molecule has 0 aliphatic carbocycles. The average Bonchev–Trinajstić information content (AvgIpc) is 2.87. The number of rotatable bonds is 3. The van der Waals surface area contributed by atoms with Crippen LogP contribution < -0.4 is 5.73 Å². The van der Waals surface area contributed by atoms with Crippen LogP contribution in [0, 0.1) is 0 Å². The number of pyridine rings is 1. The Balaban J connectivity index is 2.19. The summed E-state index contributed by atoms with van der Waals surface area (Å²) in [5.74, 6) is -2.04. The standard InChI is InChI=1S/C12H13N3O4/c13-10(16)9-2-1-5-15(9)11(17)7-3-4-8(12(18)19)14-6-7/h3-4,6,9H,1-2,5H2,(H2,13,16)(H,18,19). The molecule has 2 rings (SSSR count). The van der Waals surface area contributed by atoms with Crippen molar-refractivity contribution in [1.82, 2.24) is 9.88 Å². The number of aromatic carboxylic acids is 1. The Hall–Kier alpha value is -2.44. The van der Waals surface area contributed by atoms with E-state index in [0.29, 0.717) is 13.0 Å². The van der Waals surface area contributed by atoms with Gasteiger partial charge in [-0.1, -0.05) is 0 Å². The molecule has 7 nitrogen and oxygen atoms in total. The van der Waals surface area contributed by atoms with Crippen molar-refractivity contribution in [2.75, 3.05) is 6.54 Å². The molecule has 1 aromatic rings. The summed E-state index contributed by atoms with van der Waals surface area (Å²) in [5, 5.41) is 8.72. The van der Waals surface area contributed by atoms with Crippen molar-refractivity contribution in [2.45, 2.75) is 18.9 Å². The van der Waals surface area contributed by atoms with Gasteiger partial charge in [0.2, 0.25) is 5.91 Å². The molecule has 0 spiro atoms. The summed E-state index contributed by atoms with van der Waals surface area (Å²) in [6, 6.07) is 2.05. The van der Waals surface area contributed by atoms with Crippen LogP contribution in [0.25, 0.3) is 0 Å². The lowest BCUT2D eigenvalue weighted by atomic mass is 10.2. The number of aromatic nitrogens is 1. The van der Waals surface area contributed by atoms with Gasteiger partial charge in [-0.15, -0.1) is 0 Å². The zero-order valence-corrected chi connectivity index (χ0v) is 10.1. The Morgan fingerprint density at radius 2 is 2.11 bits per heavy atom. The van der Waals surface area contributed by atoms with Gasteiger partial charge in [0.1, 0.15) is 11.7 Å². The lowest BCUT2D eigenvalue weighted by Gasteiger charge is -2.21. The number of likely N-dealkylation sites (tertiary alicyclic amines) is 1. The van der Waals surface area contributed by atoms with Crippen molar-refractivity contribution < 1.29 is 19.5 Å². The van der Waals surface area contributed by atoms with Gasteiger partial charge in [-0.3, -0.25) is 9.59 Å². The third-order valence-corrected chi connectivity index (χ3v) is 3.07. The lowest BCUT2D eigenvalue weighted by molar-refractivity contribution is -0.121. The van der Waals surface area contributed by atoms with Gasteiger partial charge < -0.3 is 15.7 Å². The maximum absolute atomic E-state index is 12.2. The van der Waals surface area contributed by atoms with Gasteiger partial charge in [-0.25, -0.2) is 9.78 Å². The molecule has 1 aliphatic heterocycles. The zero-order valence-electron chi connectivity index (χ0n) is 10.1. The molecule has 0 bridgehead atoms. The molecule has 3 N–H and O–H groups in total. The topological polar surface area (TPSA) is 114 Å². The van der Waals surface area contributed by atoms with E-state index >= 15 is 0 Å². The van der Waals surface area contributed by atoms with E-state index < -0.39 is 17.9 Å². The van der Waals surface area contributed by atoms with Gasteiger partial charge >= 0.3 is 5.97 Å². The highest BCUT2D eigenvalue weighted by Crippen LogP contribution is 2.19. The van der Waals surface area contributed by atoms with Crippen LogP contribution in [-0.4, -0.2) is 45.4 Å². The minimum atomic E-state index is -1.16. The number of nitrogens with zero attached hydrogens (tertiary/aromatic N) is 2. The zero-order chi connectivity index (χ0) is 14.0. The van der Waals surface area contributed by atoms with Gasteiger partial charge in [-0.05, 0) is 25.0 Å². The van der Waals surface area contributed by atoms with Crippen molar-refractivity contribution in [3.8, 4) is 0 Å². The molecule has 1 saturated heterocycles. The summed E-state index contributed by atoms with van der Waals surface area (Å²) in [6.45, 7) is 0.465. The van der Waals surface area contributed by atoms with E-state index in [0.717, 1.165) is 6.42 Å². The SMILES string of the molecule is NC(=O)C1CCCN1C(=O)c1ccc(C(=O)O)nc1. The van der Waals surface area contributed by atoms with E-state index in [-0.39, 0.29) is 17.2 Å². The lowest BCUT2D eigenvalue weighted by Crippen LogP contribution is -2.43. The number of carboxylic acids is 1. The van der Waals surface area contributed by atoms with E-state index in [1.165, 1.54) is 23.2 Å². The molecule has 0 aromatic carbocycles. The number of hydrogen-bond acceptors (Lipinski definition) is 4. The average molecular weight is 263 g/mol. The summed E-state index contributed by atoms with van der Waals surface area (Å²) in [7, 11) is 0. The minimum Gasteiger partial charge on any atom is -0.477 e. The van der Waals surface area contributed by atoms with E-state index in [9.17, 15) is 14.4 Å². The van der Waals surface area contributed by atoms with E-state index in [4.69, 9.17) is 10.8 Å². The van der Waals surface area contributed by atoms with Crippen molar-refractivity contribution >= 4 is 17.8 Å². The number of amides is 2. The van der Waals surface area contributed by atoms with Crippen LogP contribution in [0.5, 0.6) is 0 Å². The molecule has 0 radical (unpaired) electrons. The number of nitrogens with two attached hydrogens (primary N) is 1. The number of carbonyl (C=O) groups excluding carboxylic acids is 2. The molecule has 19 heavy (non-hydrogen) atoms. The first-order valence-corrected chi connectivity index (χ1v) is 5.80. The molecule has 2 amide bonds. The monoisotopic (exact) mass is 263 g/mol. The largest absolute Gasteiger partial charge is 0.477 e. The second-order valence-corrected chi connectivity index (χ2v) is 4.30. The predicted octanol–water partition coefficient (Wildman–Crippen LogP) is -0.130. The minimum absolute atomic E-state index is 0.135. The van der Waals surface area contributed by atoms with Gasteiger partial charge in [0, 0.05) is 12.7 Å². The van der Waals surface area contributed by atoms with Crippen molar-refractivity contribution in [3.05, 3.63) is 29.6 Å². The third kappa shape index (κ3) is 2.54. The maximum atomic E-state index is 12.2. The predicted molar refractivity (Wildman–Crippen MR) is 64.4 cm³/mol. The Labute approximate surface area is 109 Å². The second kappa shape index (κ2) is 5.05. The molecule has 1 unspecified atom stereocenters. The van der Waals surface area contributed by atoms with Crippen molar-refractivity contribution in [3.63, 3.8) is 0 Å². The number of carbonyl (C=O) groups is 3. The first kappa shape index (κ1) is 13.0. The molecule has 0 saturated carbocycles. The van der Waals surface area contributed by atoms with Crippen molar-refractivity contribution in [2.24, 2.45) is 5.73 Å². The number of primary amides is 1. The summed E-state index contributed by atoms with van der Waals surface area (Å²) in [4.78, 5) is 39.1. The number of hydrogen-bond donors (Lipinski definition) is 2. The summed E-state index contributed by atoms with van der Waals surface area (Å²) >= 11 is 0.